The van der Waals surface area contributed by atoms with Gasteiger partial charge < -0.3 is 0 Å². The van der Waals surface area contributed by atoms with Crippen molar-refractivity contribution in [1.82, 2.24) is 9.79 Å². The minimum Gasteiger partial charge on any atom is -0.289 e. The maximum atomic E-state index is 11.9. The van der Waals surface area contributed by atoms with Crippen molar-refractivity contribution < 1.29 is 24.8 Å². The zero-order valence-corrected chi connectivity index (χ0v) is 16.1. The van der Waals surface area contributed by atoms with Crippen LogP contribution in [0, 0.1) is 30.3 Å². The maximum absolute atomic E-state index is 11.9. The standard InChI is InChI=1S/C16H15N5O8S/c1-10(16(22)17-23)18(9-11-4-2-3-5-13(11)20(26)27)30-15-7-6-12(19(24)25)8-14(15)21(28)29/h2-8,10,23H,9H2,1H3,(H,17,22)/t10-/m0/s1. The highest BCUT2D eigenvalue weighted by atomic mass is 32.2. The Morgan fingerprint density at radius 3 is 2.27 bits per heavy atom. The van der Waals surface area contributed by atoms with Crippen molar-refractivity contribution in [2.75, 3.05) is 0 Å². The summed E-state index contributed by atoms with van der Waals surface area (Å²) in [6, 6.07) is 7.66. The third kappa shape index (κ3) is 5.25. The smallest absolute Gasteiger partial charge is 0.289 e. The molecule has 0 radical (unpaired) electrons. The zero-order valence-electron chi connectivity index (χ0n) is 15.3. The molecule has 30 heavy (non-hydrogen) atoms. The molecule has 14 heteroatoms. The highest BCUT2D eigenvalue weighted by Gasteiger charge is 2.29. The number of nitro groups is 3. The van der Waals surface area contributed by atoms with Crippen molar-refractivity contribution in [3.63, 3.8) is 0 Å². The first-order valence-electron chi connectivity index (χ1n) is 8.19. The normalized spacial score (nSPS) is 11.7. The Morgan fingerprint density at radius 2 is 1.70 bits per heavy atom. The fourth-order valence-corrected chi connectivity index (χ4v) is 3.49. The van der Waals surface area contributed by atoms with Crippen molar-refractivity contribution in [3.05, 3.63) is 78.4 Å². The van der Waals surface area contributed by atoms with Crippen LogP contribution in [-0.4, -0.2) is 36.2 Å². The minimum atomic E-state index is -1.07. The average Bonchev–Trinajstić information content (AvgIpc) is 2.72. The largest absolute Gasteiger partial charge is 0.291 e. The molecule has 0 bridgehead atoms. The maximum Gasteiger partial charge on any atom is 0.291 e. The van der Waals surface area contributed by atoms with Crippen molar-refractivity contribution in [2.24, 2.45) is 0 Å². The molecule has 2 aromatic carbocycles. The molecule has 2 rings (SSSR count). The van der Waals surface area contributed by atoms with E-state index in [1.807, 2.05) is 0 Å². The first-order valence-corrected chi connectivity index (χ1v) is 8.96. The number of rotatable bonds is 9. The van der Waals surface area contributed by atoms with E-state index in [1.54, 1.807) is 6.07 Å². The van der Waals surface area contributed by atoms with E-state index in [4.69, 9.17) is 5.21 Å². The van der Waals surface area contributed by atoms with Gasteiger partial charge in [0.1, 0.15) is 4.90 Å². The SMILES string of the molecule is C[C@@H](C(=O)NO)N(Cc1ccccc1[N+](=O)[O-])Sc1ccc([N+](=O)[O-])cc1[N+](=O)[O-]. The van der Waals surface area contributed by atoms with E-state index < -0.39 is 38.1 Å². The van der Waals surface area contributed by atoms with Gasteiger partial charge in [0.25, 0.3) is 23.0 Å². The van der Waals surface area contributed by atoms with Crippen LogP contribution in [0.15, 0.2) is 47.4 Å². The van der Waals surface area contributed by atoms with Crippen molar-refractivity contribution >= 4 is 34.9 Å². The molecule has 0 unspecified atom stereocenters. The number of para-hydroxylation sites is 1. The molecule has 0 saturated carbocycles. The Hall–Kier alpha value is -3.62. The molecule has 0 fully saturated rings. The number of nitrogens with zero attached hydrogens (tertiary/aromatic N) is 4. The molecule has 2 N–H and O–H groups in total. The molecule has 158 valence electrons. The molecule has 0 aliphatic carbocycles. The minimum absolute atomic E-state index is 0.0261. The molecule has 0 saturated heterocycles. The zero-order chi connectivity index (χ0) is 22.4. The predicted octanol–water partition coefficient (Wildman–Crippen LogP) is 2.81. The number of hydroxylamine groups is 1. The molecule has 0 spiro atoms. The van der Waals surface area contributed by atoms with Crippen LogP contribution in [0.1, 0.15) is 12.5 Å². The summed E-state index contributed by atoms with van der Waals surface area (Å²) in [6.07, 6.45) is 0. The van der Waals surface area contributed by atoms with E-state index in [-0.39, 0.29) is 22.7 Å². The van der Waals surface area contributed by atoms with Gasteiger partial charge in [-0.3, -0.25) is 40.3 Å². The first-order chi connectivity index (χ1) is 14.1. The fraction of sp³-hybridized carbons (Fsp3) is 0.188. The Kier molecular flexibility index (Phi) is 7.35. The number of benzene rings is 2. The lowest BCUT2D eigenvalue weighted by Gasteiger charge is -2.26. The lowest BCUT2D eigenvalue weighted by Crippen LogP contribution is -2.40. The second-order valence-corrected chi connectivity index (χ2v) is 6.96. The second-order valence-electron chi connectivity index (χ2n) is 5.87. The van der Waals surface area contributed by atoms with Crippen LogP contribution in [0.5, 0.6) is 0 Å². The van der Waals surface area contributed by atoms with E-state index in [0.29, 0.717) is 11.9 Å². The summed E-state index contributed by atoms with van der Waals surface area (Å²) < 4.78 is 1.28. The third-order valence-electron chi connectivity index (χ3n) is 4.00. The molecule has 1 amide bonds. The Morgan fingerprint density at radius 1 is 1.07 bits per heavy atom. The van der Waals surface area contributed by atoms with Crippen LogP contribution in [0.25, 0.3) is 0 Å². The Labute approximate surface area is 172 Å². The number of nitrogens with one attached hydrogen (secondary N) is 1. The summed E-state index contributed by atoms with van der Waals surface area (Å²) in [5.41, 5.74) is 0.401. The molecule has 2 aromatic rings. The molecule has 0 aliphatic rings. The number of amides is 1. The quantitative estimate of drug-likeness (QED) is 0.256. The van der Waals surface area contributed by atoms with Crippen LogP contribution in [0.4, 0.5) is 17.1 Å². The number of non-ortho nitro benzene ring substituents is 1. The summed E-state index contributed by atoms with van der Waals surface area (Å²) in [7, 11) is 0. The first kappa shape index (κ1) is 22.7. The van der Waals surface area contributed by atoms with E-state index >= 15 is 0 Å². The van der Waals surface area contributed by atoms with E-state index in [9.17, 15) is 35.1 Å². The topological polar surface area (TPSA) is 182 Å². The molecular formula is C16H15N5O8S. The van der Waals surface area contributed by atoms with Gasteiger partial charge in [0.2, 0.25) is 0 Å². The van der Waals surface area contributed by atoms with Gasteiger partial charge in [-0.05, 0) is 24.9 Å². The van der Waals surface area contributed by atoms with Gasteiger partial charge in [0.15, 0.2) is 0 Å². The lowest BCUT2D eigenvalue weighted by molar-refractivity contribution is -0.396. The highest BCUT2D eigenvalue weighted by Crippen LogP contribution is 2.37. The van der Waals surface area contributed by atoms with Gasteiger partial charge >= 0.3 is 0 Å². The van der Waals surface area contributed by atoms with Crippen LogP contribution < -0.4 is 5.48 Å². The monoisotopic (exact) mass is 437 g/mol. The Balaban J connectivity index is 2.47. The van der Waals surface area contributed by atoms with Gasteiger partial charge in [-0.1, -0.05) is 18.2 Å². The van der Waals surface area contributed by atoms with Gasteiger partial charge in [0.05, 0.1) is 26.9 Å². The molecule has 13 nitrogen and oxygen atoms in total. The van der Waals surface area contributed by atoms with Gasteiger partial charge in [-0.15, -0.1) is 0 Å². The third-order valence-corrected chi connectivity index (χ3v) is 5.22. The lowest BCUT2D eigenvalue weighted by atomic mass is 10.1. The van der Waals surface area contributed by atoms with Crippen LogP contribution >= 0.6 is 11.9 Å². The molecule has 0 heterocycles. The summed E-state index contributed by atoms with van der Waals surface area (Å²) in [5.74, 6) is -0.856. The summed E-state index contributed by atoms with van der Waals surface area (Å²) in [5, 5.41) is 42.5. The second kappa shape index (κ2) is 9.73. The number of hydrogen-bond acceptors (Lipinski definition) is 10. The van der Waals surface area contributed by atoms with E-state index in [1.165, 1.54) is 34.9 Å². The summed E-state index contributed by atoms with van der Waals surface area (Å²) >= 11 is 0.706. The van der Waals surface area contributed by atoms with E-state index in [2.05, 4.69) is 0 Å². The molecule has 1 atom stereocenters. The molecular weight excluding hydrogens is 422 g/mol. The van der Waals surface area contributed by atoms with Gasteiger partial charge in [-0.2, -0.15) is 0 Å². The van der Waals surface area contributed by atoms with Crippen LogP contribution in [0.2, 0.25) is 0 Å². The van der Waals surface area contributed by atoms with Crippen LogP contribution in [0.3, 0.4) is 0 Å². The van der Waals surface area contributed by atoms with Crippen LogP contribution in [-0.2, 0) is 11.3 Å². The number of carbonyl (C=O) groups is 1. The average molecular weight is 437 g/mol. The van der Waals surface area contributed by atoms with Crippen molar-refractivity contribution in [2.45, 2.75) is 24.4 Å². The highest BCUT2D eigenvalue weighted by molar-refractivity contribution is 7.97. The fourth-order valence-electron chi connectivity index (χ4n) is 2.43. The molecule has 0 aromatic heterocycles. The number of nitro benzene ring substituents is 3. The summed E-state index contributed by atoms with van der Waals surface area (Å²) in [4.78, 5) is 43.3. The van der Waals surface area contributed by atoms with Gasteiger partial charge in [0, 0.05) is 24.2 Å². The molecule has 0 aliphatic heterocycles. The van der Waals surface area contributed by atoms with Crippen molar-refractivity contribution in [3.8, 4) is 0 Å². The van der Waals surface area contributed by atoms with Crippen molar-refractivity contribution in [1.29, 1.82) is 0 Å². The number of hydrogen-bond donors (Lipinski definition) is 2. The van der Waals surface area contributed by atoms with E-state index in [0.717, 1.165) is 18.2 Å². The predicted molar refractivity (Wildman–Crippen MR) is 104 cm³/mol. The van der Waals surface area contributed by atoms with Gasteiger partial charge in [-0.25, -0.2) is 9.79 Å². The summed E-state index contributed by atoms with van der Waals surface area (Å²) in [6.45, 7) is 1.19. The number of carbonyl (C=O) groups excluding carboxylic acids is 1. The Bertz CT molecular complexity index is 1000.